The van der Waals surface area contributed by atoms with E-state index in [-0.39, 0.29) is 0 Å². The number of hydrogen-bond donors (Lipinski definition) is 3. The molecule has 0 saturated heterocycles. The first-order valence-corrected chi connectivity index (χ1v) is 10.3. The third kappa shape index (κ3) is 4.87. The number of anilines is 2. The molecule has 1 aliphatic heterocycles. The van der Waals surface area contributed by atoms with Gasteiger partial charge in [0.25, 0.3) is 0 Å². The predicted molar refractivity (Wildman–Crippen MR) is 126 cm³/mol. The predicted octanol–water partition coefficient (Wildman–Crippen LogP) is 3.90. The number of benzene rings is 2. The highest BCUT2D eigenvalue weighted by Crippen LogP contribution is 2.31. The van der Waals surface area contributed by atoms with Crippen molar-refractivity contribution < 1.29 is 14.3 Å². The number of esters is 1. The van der Waals surface area contributed by atoms with Crippen LogP contribution < -0.4 is 16.0 Å². The number of ether oxygens (including phenoxy) is 1. The Hall–Kier alpha value is -3.90. The first-order valence-electron chi connectivity index (χ1n) is 9.93. The molecule has 0 saturated carbocycles. The van der Waals surface area contributed by atoms with E-state index in [4.69, 9.17) is 22.2 Å². The average Bonchev–Trinajstić information content (AvgIpc) is 2.79. The number of amides is 2. The van der Waals surface area contributed by atoms with E-state index in [1.54, 1.807) is 36.4 Å². The van der Waals surface area contributed by atoms with Crippen LogP contribution in [0.5, 0.6) is 0 Å². The lowest BCUT2D eigenvalue weighted by molar-refractivity contribution is -0.136. The van der Waals surface area contributed by atoms with Crippen LogP contribution in [0.3, 0.4) is 0 Å². The van der Waals surface area contributed by atoms with Gasteiger partial charge in [-0.15, -0.1) is 0 Å². The minimum atomic E-state index is -0.459. The van der Waals surface area contributed by atoms with Crippen molar-refractivity contribution in [1.82, 2.24) is 10.2 Å². The molecule has 0 aromatic heterocycles. The van der Waals surface area contributed by atoms with Gasteiger partial charge in [-0.05, 0) is 68.0 Å². The summed E-state index contributed by atoms with van der Waals surface area (Å²) < 4.78 is 5.00. The molecule has 1 heterocycles. The quantitative estimate of drug-likeness (QED) is 0.469. The van der Waals surface area contributed by atoms with Gasteiger partial charge < -0.3 is 25.6 Å². The summed E-state index contributed by atoms with van der Waals surface area (Å²) in [7, 11) is 1.35. The van der Waals surface area contributed by atoms with Crippen molar-refractivity contribution in [2.45, 2.75) is 19.9 Å². The second-order valence-electron chi connectivity index (χ2n) is 7.01. The van der Waals surface area contributed by atoms with E-state index in [2.05, 4.69) is 16.0 Å². The molecule has 9 heteroatoms. The van der Waals surface area contributed by atoms with Crippen LogP contribution in [0.15, 0.2) is 59.8 Å². The Morgan fingerprint density at radius 2 is 1.69 bits per heavy atom. The summed E-state index contributed by atoms with van der Waals surface area (Å²) in [4.78, 5) is 26.6. The van der Waals surface area contributed by atoms with E-state index in [0.29, 0.717) is 34.2 Å². The fourth-order valence-electron chi connectivity index (χ4n) is 3.47. The molecule has 0 fully saturated rings. The van der Waals surface area contributed by atoms with Gasteiger partial charge in [0.1, 0.15) is 0 Å². The molecule has 3 rings (SSSR count). The summed E-state index contributed by atoms with van der Waals surface area (Å²) >= 11 is 5.46. The van der Waals surface area contributed by atoms with Crippen molar-refractivity contribution in [1.29, 1.82) is 5.26 Å². The normalized spacial score (nSPS) is 15.5. The topological polar surface area (TPSA) is 106 Å². The Bertz CT molecular complexity index is 1100. The summed E-state index contributed by atoms with van der Waals surface area (Å²) in [5.74, 6) is -0.426. The van der Waals surface area contributed by atoms with Crippen LogP contribution >= 0.6 is 12.2 Å². The molecule has 1 aliphatic rings. The zero-order valence-electron chi connectivity index (χ0n) is 17.9. The van der Waals surface area contributed by atoms with E-state index in [1.807, 2.05) is 36.9 Å². The lowest BCUT2D eigenvalue weighted by Gasteiger charge is -2.36. The van der Waals surface area contributed by atoms with Gasteiger partial charge in [0.2, 0.25) is 0 Å². The largest absolute Gasteiger partial charge is 0.466 e. The van der Waals surface area contributed by atoms with Crippen molar-refractivity contribution in [2.75, 3.05) is 24.3 Å². The number of thiocarbonyl (C=S) groups is 1. The molecule has 2 amide bonds. The van der Waals surface area contributed by atoms with Crippen LogP contribution in [-0.4, -0.2) is 35.7 Å². The number of nitriles is 1. The summed E-state index contributed by atoms with van der Waals surface area (Å²) in [5, 5.41) is 18.1. The second kappa shape index (κ2) is 9.94. The molecule has 32 heavy (non-hydrogen) atoms. The third-order valence-electron chi connectivity index (χ3n) is 5.09. The number of rotatable bonds is 5. The van der Waals surface area contributed by atoms with Crippen LogP contribution in [0, 0.1) is 11.3 Å². The average molecular weight is 450 g/mol. The molecule has 0 aliphatic carbocycles. The lowest BCUT2D eigenvalue weighted by Crippen LogP contribution is -2.47. The number of allylic oxidation sites excluding steroid dienone is 1. The highest BCUT2D eigenvalue weighted by atomic mass is 32.1. The van der Waals surface area contributed by atoms with Crippen LogP contribution in [-0.2, 0) is 9.53 Å². The van der Waals surface area contributed by atoms with Gasteiger partial charge in [-0.1, -0.05) is 12.1 Å². The smallest absolute Gasteiger partial charge is 0.337 e. The van der Waals surface area contributed by atoms with Crippen LogP contribution in [0.25, 0.3) is 0 Å². The van der Waals surface area contributed by atoms with Gasteiger partial charge in [-0.3, -0.25) is 0 Å². The van der Waals surface area contributed by atoms with Gasteiger partial charge >= 0.3 is 12.0 Å². The summed E-state index contributed by atoms with van der Waals surface area (Å²) in [6.07, 6.45) is 0. The Labute approximate surface area is 191 Å². The standard InChI is InChI=1S/C23H23N5O3S/c1-4-28-14(2)19(21(29)31-3)20(27-23(28)32)16-7-11-18(12-8-16)26-22(30)25-17-9-5-15(13-24)6-10-17/h5-12,20H,4H2,1-3H3,(H,27,32)(H2,25,26,30). The maximum Gasteiger partial charge on any atom is 0.337 e. The molecule has 2 aromatic rings. The van der Waals surface area contributed by atoms with E-state index >= 15 is 0 Å². The molecule has 8 nitrogen and oxygen atoms in total. The molecule has 1 atom stereocenters. The maximum absolute atomic E-state index is 12.5. The van der Waals surface area contributed by atoms with Crippen LogP contribution in [0.4, 0.5) is 16.2 Å². The molecule has 1 unspecified atom stereocenters. The highest BCUT2D eigenvalue weighted by molar-refractivity contribution is 7.80. The Morgan fingerprint density at radius 3 is 2.19 bits per heavy atom. The monoisotopic (exact) mass is 449 g/mol. The van der Waals surface area contributed by atoms with Crippen molar-refractivity contribution >= 4 is 40.7 Å². The number of carbonyl (C=O) groups is 2. The Balaban J connectivity index is 1.75. The highest BCUT2D eigenvalue weighted by Gasteiger charge is 2.33. The van der Waals surface area contributed by atoms with Gasteiger partial charge in [0, 0.05) is 23.6 Å². The molecule has 0 spiro atoms. The number of urea groups is 1. The first kappa shape index (κ1) is 22.8. The fourth-order valence-corrected chi connectivity index (χ4v) is 3.85. The van der Waals surface area contributed by atoms with Gasteiger partial charge in [0.15, 0.2) is 5.11 Å². The number of nitrogens with one attached hydrogen (secondary N) is 3. The zero-order chi connectivity index (χ0) is 23.3. The third-order valence-corrected chi connectivity index (χ3v) is 5.43. The first-order chi connectivity index (χ1) is 15.4. The van der Waals surface area contributed by atoms with Crippen molar-refractivity contribution in [3.8, 4) is 6.07 Å². The number of hydrogen-bond acceptors (Lipinski definition) is 5. The second-order valence-corrected chi connectivity index (χ2v) is 7.39. The molecule has 164 valence electrons. The summed E-state index contributed by atoms with van der Waals surface area (Å²) in [6, 6.07) is 14.8. The molecular formula is C23H23N5O3S. The molecule has 3 N–H and O–H groups in total. The van der Waals surface area contributed by atoms with Gasteiger partial charge in [-0.2, -0.15) is 5.26 Å². The zero-order valence-corrected chi connectivity index (χ0v) is 18.7. The SMILES string of the molecule is CCN1C(=S)NC(c2ccc(NC(=O)Nc3ccc(C#N)cc3)cc2)C(C(=O)OC)=C1C. The molecule has 2 aromatic carbocycles. The fraction of sp³-hybridized carbons (Fsp3) is 0.217. The number of carbonyl (C=O) groups excluding carboxylic acids is 2. The maximum atomic E-state index is 12.5. The van der Waals surface area contributed by atoms with Gasteiger partial charge in [-0.25, -0.2) is 9.59 Å². The van der Waals surface area contributed by atoms with Gasteiger partial charge in [0.05, 0.1) is 30.4 Å². The van der Waals surface area contributed by atoms with Crippen molar-refractivity contribution in [3.63, 3.8) is 0 Å². The number of methoxy groups -OCH3 is 1. The van der Waals surface area contributed by atoms with E-state index < -0.39 is 18.0 Å². The molecular weight excluding hydrogens is 426 g/mol. The van der Waals surface area contributed by atoms with E-state index in [1.165, 1.54) is 7.11 Å². The lowest BCUT2D eigenvalue weighted by atomic mass is 9.95. The van der Waals surface area contributed by atoms with Crippen molar-refractivity contribution in [2.24, 2.45) is 0 Å². The Kier molecular flexibility index (Phi) is 7.07. The van der Waals surface area contributed by atoms with Crippen LogP contribution in [0.1, 0.15) is 31.0 Å². The summed E-state index contributed by atoms with van der Waals surface area (Å²) in [5.41, 5.74) is 3.70. The van der Waals surface area contributed by atoms with Crippen molar-refractivity contribution in [3.05, 3.63) is 70.9 Å². The van der Waals surface area contributed by atoms with E-state index in [9.17, 15) is 9.59 Å². The number of nitrogens with zero attached hydrogens (tertiary/aromatic N) is 2. The minimum Gasteiger partial charge on any atom is -0.466 e. The van der Waals surface area contributed by atoms with E-state index in [0.717, 1.165) is 11.3 Å². The molecule has 0 radical (unpaired) electrons. The Morgan fingerprint density at radius 1 is 1.12 bits per heavy atom. The minimum absolute atomic E-state index is 0.413. The van der Waals surface area contributed by atoms with Crippen LogP contribution in [0.2, 0.25) is 0 Å². The molecule has 0 bridgehead atoms. The summed E-state index contributed by atoms with van der Waals surface area (Å²) in [6.45, 7) is 4.43.